The lowest BCUT2D eigenvalue weighted by Crippen LogP contribution is -2.19. The number of hydrogen-bond acceptors (Lipinski definition) is 6. The van der Waals surface area contributed by atoms with Crippen LogP contribution in [-0.4, -0.2) is 30.3 Å². The number of carbonyl (C=O) groups excluding carboxylic acids is 2. The second kappa shape index (κ2) is 9.42. The number of fused-ring (bicyclic) bond motifs is 1. The number of rotatable bonds is 5. The van der Waals surface area contributed by atoms with Gasteiger partial charge in [-0.2, -0.15) is 0 Å². The number of benzene rings is 2. The van der Waals surface area contributed by atoms with Crippen LogP contribution in [0.5, 0.6) is 0 Å². The lowest BCUT2D eigenvalue weighted by Gasteiger charge is -2.12. The highest BCUT2D eigenvalue weighted by molar-refractivity contribution is 7.80. The van der Waals surface area contributed by atoms with Crippen molar-refractivity contribution in [3.63, 3.8) is 0 Å². The van der Waals surface area contributed by atoms with E-state index in [0.717, 1.165) is 21.5 Å². The van der Waals surface area contributed by atoms with Crippen molar-refractivity contribution in [2.45, 2.75) is 20.0 Å². The Bertz CT molecular complexity index is 1110. The van der Waals surface area contributed by atoms with Crippen LogP contribution in [0.2, 0.25) is 5.02 Å². The molecule has 0 bridgehead atoms. The molecule has 0 fully saturated rings. The van der Waals surface area contributed by atoms with E-state index in [-0.39, 0.29) is 12.1 Å². The lowest BCUT2D eigenvalue weighted by molar-refractivity contribution is 0.0377. The number of hydrogen-bond donors (Lipinski definition) is 2. The normalized spacial score (nSPS) is 10.7. The minimum absolute atomic E-state index is 0.175. The summed E-state index contributed by atoms with van der Waals surface area (Å²) in [6.07, 6.45) is -0.175. The van der Waals surface area contributed by atoms with Gasteiger partial charge in [-0.25, -0.2) is 9.59 Å². The van der Waals surface area contributed by atoms with E-state index in [1.165, 1.54) is 18.4 Å². The van der Waals surface area contributed by atoms with Crippen LogP contribution in [0.25, 0.3) is 10.1 Å². The van der Waals surface area contributed by atoms with E-state index in [1.54, 1.807) is 38.1 Å². The molecule has 3 rings (SSSR count). The second-order valence-electron chi connectivity index (χ2n) is 6.56. The smallest absolute Gasteiger partial charge is 0.349 e. The molecule has 6 nitrogen and oxygen atoms in total. The minimum atomic E-state index is -0.464. The maximum absolute atomic E-state index is 11.9. The minimum Gasteiger partial charge on any atom is -0.465 e. The molecule has 2 aromatic carbocycles. The maximum Gasteiger partial charge on any atom is 0.349 e. The van der Waals surface area contributed by atoms with Gasteiger partial charge in [0.1, 0.15) is 4.88 Å². The van der Waals surface area contributed by atoms with Gasteiger partial charge in [0.05, 0.1) is 23.8 Å². The van der Waals surface area contributed by atoms with Crippen molar-refractivity contribution in [2.24, 2.45) is 0 Å². The molecule has 30 heavy (non-hydrogen) atoms. The van der Waals surface area contributed by atoms with Crippen LogP contribution < -0.4 is 10.6 Å². The van der Waals surface area contributed by atoms with Gasteiger partial charge in [0.2, 0.25) is 0 Å². The highest BCUT2D eigenvalue weighted by Gasteiger charge is 2.18. The summed E-state index contributed by atoms with van der Waals surface area (Å²) in [4.78, 5) is 24.1. The summed E-state index contributed by atoms with van der Waals surface area (Å²) in [6, 6.07) is 12.3. The molecule has 0 unspecified atom stereocenters. The predicted octanol–water partition coefficient (Wildman–Crippen LogP) is 5.72. The van der Waals surface area contributed by atoms with E-state index in [0.29, 0.717) is 20.6 Å². The fraction of sp³-hybridized carbons (Fsp3) is 0.190. The van der Waals surface area contributed by atoms with Gasteiger partial charge in [-0.1, -0.05) is 11.6 Å². The molecule has 0 radical (unpaired) electrons. The average Bonchev–Trinajstić information content (AvgIpc) is 3.03. The molecule has 0 atom stereocenters. The predicted molar refractivity (Wildman–Crippen MR) is 125 cm³/mol. The standard InChI is InChI=1S/C21H19ClN2O4S2/c1-11(2)28-19(25)12-4-6-13(7-5-12)23-21(29)24-14-8-9-15-16(10-14)30-18(17(15)22)20(26)27-3/h4-11H,1-3H3,(H2,23,24,29). The van der Waals surface area contributed by atoms with E-state index in [2.05, 4.69) is 10.6 Å². The van der Waals surface area contributed by atoms with E-state index < -0.39 is 5.97 Å². The summed E-state index contributed by atoms with van der Waals surface area (Å²) in [7, 11) is 1.32. The lowest BCUT2D eigenvalue weighted by atomic mass is 10.2. The number of thiocarbonyl (C=S) groups is 1. The van der Waals surface area contributed by atoms with E-state index in [4.69, 9.17) is 33.3 Å². The van der Waals surface area contributed by atoms with Crippen molar-refractivity contribution in [1.29, 1.82) is 0 Å². The summed E-state index contributed by atoms with van der Waals surface area (Å²) < 4.78 is 10.8. The number of esters is 2. The van der Waals surface area contributed by atoms with Gasteiger partial charge in [0, 0.05) is 21.5 Å². The molecular weight excluding hydrogens is 444 g/mol. The van der Waals surface area contributed by atoms with Gasteiger partial charge < -0.3 is 20.1 Å². The number of anilines is 2. The SMILES string of the molecule is COC(=O)c1sc2cc(NC(=S)Nc3ccc(C(=O)OC(C)C)cc3)ccc2c1Cl. The Morgan fingerprint density at radius 2 is 1.67 bits per heavy atom. The summed E-state index contributed by atoms with van der Waals surface area (Å²) >= 11 is 12.9. The molecule has 3 aromatic rings. The first kappa shape index (κ1) is 22.0. The maximum atomic E-state index is 11.9. The Balaban J connectivity index is 1.68. The van der Waals surface area contributed by atoms with Crippen molar-refractivity contribution in [1.82, 2.24) is 0 Å². The van der Waals surface area contributed by atoms with E-state index in [9.17, 15) is 9.59 Å². The average molecular weight is 463 g/mol. The molecular formula is C21H19ClN2O4S2. The zero-order valence-corrected chi connectivity index (χ0v) is 18.8. The first-order valence-corrected chi connectivity index (χ1v) is 10.6. The van der Waals surface area contributed by atoms with Crippen molar-refractivity contribution in [3.8, 4) is 0 Å². The molecule has 156 valence electrons. The van der Waals surface area contributed by atoms with Gasteiger partial charge in [-0.15, -0.1) is 11.3 Å². The number of nitrogens with one attached hydrogen (secondary N) is 2. The van der Waals surface area contributed by atoms with Crippen LogP contribution >= 0.6 is 35.2 Å². The number of ether oxygens (including phenoxy) is 2. The van der Waals surface area contributed by atoms with Crippen LogP contribution in [0.1, 0.15) is 33.9 Å². The Kier molecular flexibility index (Phi) is 6.91. The van der Waals surface area contributed by atoms with E-state index in [1.807, 2.05) is 18.2 Å². The highest BCUT2D eigenvalue weighted by Crippen LogP contribution is 2.37. The van der Waals surface area contributed by atoms with Gasteiger partial charge in [-0.3, -0.25) is 0 Å². The van der Waals surface area contributed by atoms with Crippen LogP contribution in [0, 0.1) is 0 Å². The Hall–Kier alpha value is -2.68. The Labute approximate surface area is 188 Å². The third-order valence-electron chi connectivity index (χ3n) is 3.98. The van der Waals surface area contributed by atoms with Crippen molar-refractivity contribution >= 4 is 73.7 Å². The molecule has 0 saturated heterocycles. The molecule has 0 amide bonds. The molecule has 0 spiro atoms. The molecule has 0 aliphatic heterocycles. The first-order valence-electron chi connectivity index (χ1n) is 8.98. The summed E-state index contributed by atoms with van der Waals surface area (Å²) in [5.41, 5.74) is 1.93. The molecule has 1 aromatic heterocycles. The van der Waals surface area contributed by atoms with Gasteiger partial charge in [0.15, 0.2) is 5.11 Å². The van der Waals surface area contributed by atoms with Crippen LogP contribution in [0.3, 0.4) is 0 Å². The van der Waals surface area contributed by atoms with Crippen LogP contribution in [0.15, 0.2) is 42.5 Å². The quantitative estimate of drug-likeness (QED) is 0.371. The zero-order chi connectivity index (χ0) is 21.8. The third kappa shape index (κ3) is 5.08. The zero-order valence-electron chi connectivity index (χ0n) is 16.4. The van der Waals surface area contributed by atoms with E-state index >= 15 is 0 Å². The van der Waals surface area contributed by atoms with Gasteiger partial charge in [-0.05, 0) is 68.5 Å². The molecule has 0 aliphatic rings. The van der Waals surface area contributed by atoms with Crippen LogP contribution in [0.4, 0.5) is 11.4 Å². The van der Waals surface area contributed by atoms with Crippen molar-refractivity contribution in [3.05, 3.63) is 57.9 Å². The number of halogens is 1. The molecule has 0 saturated carbocycles. The highest BCUT2D eigenvalue weighted by atomic mass is 35.5. The topological polar surface area (TPSA) is 76.7 Å². The number of methoxy groups -OCH3 is 1. The number of carbonyl (C=O) groups is 2. The molecule has 9 heteroatoms. The van der Waals surface area contributed by atoms with Crippen molar-refractivity contribution < 1.29 is 19.1 Å². The monoisotopic (exact) mass is 462 g/mol. The third-order valence-corrected chi connectivity index (χ3v) is 5.82. The first-order chi connectivity index (χ1) is 14.3. The molecule has 2 N–H and O–H groups in total. The second-order valence-corrected chi connectivity index (χ2v) is 8.40. The molecule has 1 heterocycles. The summed E-state index contributed by atoms with van der Waals surface area (Å²) in [5.74, 6) is -0.833. The fourth-order valence-electron chi connectivity index (χ4n) is 2.63. The van der Waals surface area contributed by atoms with Gasteiger partial charge >= 0.3 is 11.9 Å². The number of thiophene rings is 1. The van der Waals surface area contributed by atoms with Crippen molar-refractivity contribution in [2.75, 3.05) is 17.7 Å². The summed E-state index contributed by atoms with van der Waals surface area (Å²) in [5, 5.41) is 7.69. The summed E-state index contributed by atoms with van der Waals surface area (Å²) in [6.45, 7) is 3.60. The van der Waals surface area contributed by atoms with Gasteiger partial charge in [0.25, 0.3) is 0 Å². The fourth-order valence-corrected chi connectivity index (χ4v) is 4.33. The van der Waals surface area contributed by atoms with Crippen LogP contribution in [-0.2, 0) is 9.47 Å². The molecule has 0 aliphatic carbocycles. The Morgan fingerprint density at radius 3 is 2.30 bits per heavy atom. The largest absolute Gasteiger partial charge is 0.465 e. The Morgan fingerprint density at radius 1 is 1.03 bits per heavy atom.